The molecule has 2 heterocycles. The quantitative estimate of drug-likeness (QED) is 0.354. The second kappa shape index (κ2) is 12.3. The molecule has 2 aromatic heterocycles. The predicted molar refractivity (Wildman–Crippen MR) is 127 cm³/mol. The Kier molecular flexibility index (Phi) is 8.81. The van der Waals surface area contributed by atoms with Gasteiger partial charge in [0, 0.05) is 30.4 Å². The minimum absolute atomic E-state index is 0.569. The van der Waals surface area contributed by atoms with Crippen molar-refractivity contribution < 1.29 is 4.74 Å². The molecule has 3 heteroatoms. The van der Waals surface area contributed by atoms with E-state index in [2.05, 4.69) is 72.3 Å². The fourth-order valence-electron chi connectivity index (χ4n) is 3.06. The van der Waals surface area contributed by atoms with Gasteiger partial charge in [0.05, 0.1) is 0 Å². The lowest BCUT2D eigenvalue weighted by atomic mass is 10.0. The average molecular weight is 411 g/mol. The molecule has 0 amide bonds. The molecule has 0 aliphatic rings. The third-order valence-corrected chi connectivity index (χ3v) is 5.03. The van der Waals surface area contributed by atoms with Crippen LogP contribution in [0.15, 0.2) is 97.6 Å². The second-order valence-electron chi connectivity index (χ2n) is 7.49. The smallest absolute Gasteiger partial charge is 0.119 e. The fraction of sp³-hybridized carbons (Fsp3) is 0.214. The number of hydrogen-bond acceptors (Lipinski definition) is 3. The third kappa shape index (κ3) is 8.06. The van der Waals surface area contributed by atoms with Crippen molar-refractivity contribution in [3.8, 4) is 5.75 Å². The molecule has 0 saturated carbocycles. The van der Waals surface area contributed by atoms with E-state index in [1.54, 1.807) is 6.20 Å². The molecule has 0 bridgehead atoms. The van der Waals surface area contributed by atoms with Crippen LogP contribution in [0.3, 0.4) is 0 Å². The summed E-state index contributed by atoms with van der Waals surface area (Å²) in [6, 6.07) is 25.0. The van der Waals surface area contributed by atoms with Crippen molar-refractivity contribution in [1.82, 2.24) is 9.97 Å². The van der Waals surface area contributed by atoms with Gasteiger partial charge in [-0.3, -0.25) is 9.97 Å². The number of nitrogens with zero attached hydrogens (tertiary/aromatic N) is 2. The number of ether oxygens (including phenoxy) is 1. The molecule has 158 valence electrons. The third-order valence-electron chi connectivity index (χ3n) is 5.03. The molecule has 0 aliphatic carbocycles. The van der Waals surface area contributed by atoms with Crippen LogP contribution >= 0.6 is 0 Å². The van der Waals surface area contributed by atoms with Crippen LogP contribution in [0.4, 0.5) is 0 Å². The Hall–Kier alpha value is -3.46. The molecule has 0 spiro atoms. The van der Waals surface area contributed by atoms with Gasteiger partial charge >= 0.3 is 0 Å². The summed E-state index contributed by atoms with van der Waals surface area (Å²) in [6.45, 7) is 4.83. The zero-order chi connectivity index (χ0) is 21.7. The van der Waals surface area contributed by atoms with Crippen molar-refractivity contribution in [2.45, 2.75) is 39.7 Å². The maximum atomic E-state index is 5.65. The van der Waals surface area contributed by atoms with E-state index in [0.29, 0.717) is 6.61 Å². The van der Waals surface area contributed by atoms with Crippen molar-refractivity contribution in [2.75, 3.05) is 0 Å². The van der Waals surface area contributed by atoms with Crippen LogP contribution in [0.2, 0.25) is 0 Å². The zero-order valence-corrected chi connectivity index (χ0v) is 18.4. The van der Waals surface area contributed by atoms with Gasteiger partial charge in [-0.2, -0.15) is 0 Å². The van der Waals surface area contributed by atoms with E-state index in [9.17, 15) is 0 Å². The van der Waals surface area contributed by atoms with Crippen molar-refractivity contribution >= 4 is 0 Å². The molecule has 0 atom stereocenters. The van der Waals surface area contributed by atoms with Crippen molar-refractivity contribution in [3.63, 3.8) is 0 Å². The van der Waals surface area contributed by atoms with Gasteiger partial charge in [-0.05, 0) is 73.2 Å². The Balaban J connectivity index is 0.000000176. The molecule has 0 N–H and O–H groups in total. The van der Waals surface area contributed by atoms with Gasteiger partial charge in [0.15, 0.2) is 0 Å². The van der Waals surface area contributed by atoms with Crippen LogP contribution in [-0.2, 0) is 25.9 Å². The minimum Gasteiger partial charge on any atom is -0.489 e. The molecule has 3 nitrogen and oxygen atoms in total. The summed E-state index contributed by atoms with van der Waals surface area (Å²) >= 11 is 0. The van der Waals surface area contributed by atoms with E-state index < -0.39 is 0 Å². The number of pyridine rings is 2. The Labute approximate surface area is 185 Å². The molecule has 0 unspecified atom stereocenters. The molecule has 31 heavy (non-hydrogen) atoms. The Bertz CT molecular complexity index is 998. The highest BCUT2D eigenvalue weighted by molar-refractivity contribution is 5.27. The first-order valence-corrected chi connectivity index (χ1v) is 10.8. The molecule has 0 radical (unpaired) electrons. The summed E-state index contributed by atoms with van der Waals surface area (Å²) in [7, 11) is 0. The van der Waals surface area contributed by atoms with Crippen LogP contribution in [0.5, 0.6) is 5.75 Å². The summed E-state index contributed by atoms with van der Waals surface area (Å²) in [6.07, 6.45) is 10.5. The summed E-state index contributed by atoms with van der Waals surface area (Å²) in [5.41, 5.74) is 6.49. The minimum atomic E-state index is 0.569. The topological polar surface area (TPSA) is 35.0 Å². The summed E-state index contributed by atoms with van der Waals surface area (Å²) in [5.74, 6) is 0.904. The first-order valence-electron chi connectivity index (χ1n) is 10.8. The first kappa shape index (κ1) is 22.2. The van der Waals surface area contributed by atoms with Gasteiger partial charge in [-0.25, -0.2) is 0 Å². The molecule has 0 saturated heterocycles. The molecule has 2 aromatic carbocycles. The van der Waals surface area contributed by atoms with E-state index in [1.165, 1.54) is 22.3 Å². The predicted octanol–water partition coefficient (Wildman–Crippen LogP) is 6.40. The molecular formula is C28H30N2O. The number of hydrogen-bond donors (Lipinski definition) is 0. The molecule has 0 aliphatic heterocycles. The Morgan fingerprint density at radius 2 is 1.29 bits per heavy atom. The zero-order valence-electron chi connectivity index (χ0n) is 18.4. The second-order valence-corrected chi connectivity index (χ2v) is 7.49. The average Bonchev–Trinajstić information content (AvgIpc) is 2.84. The first-order chi connectivity index (χ1) is 15.2. The number of benzene rings is 2. The maximum Gasteiger partial charge on any atom is 0.119 e. The van der Waals surface area contributed by atoms with Gasteiger partial charge in [0.1, 0.15) is 12.4 Å². The standard InChI is InChI=1S/C14H15NO.C14H15N/c1-2-12-5-7-14(8-6-12)16-11-13-4-3-9-15-10-13;1-12-2-4-13(5-3-12)6-7-14-8-10-15-11-9-14/h3-10H,2,11H2,1H3;2-5,8-11H,6-7H2,1H3. The van der Waals surface area contributed by atoms with Crippen molar-refractivity contribution in [2.24, 2.45) is 0 Å². The van der Waals surface area contributed by atoms with E-state index in [1.807, 2.05) is 42.9 Å². The largest absolute Gasteiger partial charge is 0.489 e. The van der Waals surface area contributed by atoms with Crippen LogP contribution in [-0.4, -0.2) is 9.97 Å². The van der Waals surface area contributed by atoms with Crippen molar-refractivity contribution in [3.05, 3.63) is 125 Å². The normalized spacial score (nSPS) is 10.1. The summed E-state index contributed by atoms with van der Waals surface area (Å²) in [5, 5.41) is 0. The lowest BCUT2D eigenvalue weighted by Crippen LogP contribution is -1.95. The Morgan fingerprint density at radius 1 is 0.645 bits per heavy atom. The molecular weight excluding hydrogens is 380 g/mol. The van der Waals surface area contributed by atoms with E-state index in [-0.39, 0.29) is 0 Å². The number of aromatic nitrogens is 2. The highest BCUT2D eigenvalue weighted by Crippen LogP contribution is 2.14. The van der Waals surface area contributed by atoms with Crippen LogP contribution in [0, 0.1) is 6.92 Å². The van der Waals surface area contributed by atoms with Crippen LogP contribution < -0.4 is 4.74 Å². The van der Waals surface area contributed by atoms with E-state index in [0.717, 1.165) is 30.6 Å². The van der Waals surface area contributed by atoms with Crippen LogP contribution in [0.25, 0.3) is 0 Å². The van der Waals surface area contributed by atoms with Crippen molar-refractivity contribution in [1.29, 1.82) is 0 Å². The summed E-state index contributed by atoms with van der Waals surface area (Å²) < 4.78 is 5.65. The Morgan fingerprint density at radius 3 is 1.90 bits per heavy atom. The van der Waals surface area contributed by atoms with Gasteiger partial charge in [0.25, 0.3) is 0 Å². The summed E-state index contributed by atoms with van der Waals surface area (Å²) in [4.78, 5) is 8.06. The van der Waals surface area contributed by atoms with Gasteiger partial charge in [-0.1, -0.05) is 55.0 Å². The molecule has 4 aromatic rings. The SMILES string of the molecule is CCc1ccc(OCc2cccnc2)cc1.Cc1ccc(CCc2ccncc2)cc1. The number of rotatable bonds is 7. The van der Waals surface area contributed by atoms with Crippen LogP contribution in [0.1, 0.15) is 34.7 Å². The van der Waals surface area contributed by atoms with Gasteiger partial charge in [0.2, 0.25) is 0 Å². The van der Waals surface area contributed by atoms with Gasteiger partial charge in [-0.15, -0.1) is 0 Å². The maximum absolute atomic E-state index is 5.65. The highest BCUT2D eigenvalue weighted by Gasteiger charge is 1.96. The fourth-order valence-corrected chi connectivity index (χ4v) is 3.06. The lowest BCUT2D eigenvalue weighted by Gasteiger charge is -2.06. The monoisotopic (exact) mass is 410 g/mol. The number of aryl methyl sites for hydroxylation is 4. The molecule has 4 rings (SSSR count). The lowest BCUT2D eigenvalue weighted by molar-refractivity contribution is 0.305. The van der Waals surface area contributed by atoms with E-state index in [4.69, 9.17) is 4.74 Å². The molecule has 0 fully saturated rings. The van der Waals surface area contributed by atoms with E-state index >= 15 is 0 Å². The highest BCUT2D eigenvalue weighted by atomic mass is 16.5. The van der Waals surface area contributed by atoms with Gasteiger partial charge < -0.3 is 4.74 Å².